The van der Waals surface area contributed by atoms with Gasteiger partial charge in [-0.3, -0.25) is 9.59 Å². The van der Waals surface area contributed by atoms with Gasteiger partial charge in [0, 0.05) is 42.9 Å². The van der Waals surface area contributed by atoms with Crippen LogP contribution in [0.4, 0.5) is 13.2 Å². The van der Waals surface area contributed by atoms with E-state index in [9.17, 15) is 22.8 Å². The first-order valence-corrected chi connectivity index (χ1v) is 10.1. The second kappa shape index (κ2) is 8.26. The zero-order chi connectivity index (χ0) is 22.2. The maximum atomic E-state index is 13.2. The van der Waals surface area contributed by atoms with Gasteiger partial charge in [0.25, 0.3) is 5.91 Å². The Morgan fingerprint density at radius 3 is 2.32 bits per heavy atom. The zero-order valence-corrected chi connectivity index (χ0v) is 17.2. The Hall–Kier alpha value is -3.00. The fourth-order valence-electron chi connectivity index (χ4n) is 3.79. The Morgan fingerprint density at radius 2 is 1.61 bits per heavy atom. The third kappa shape index (κ3) is 4.39. The molecule has 0 aliphatic carbocycles. The zero-order valence-electron chi connectivity index (χ0n) is 16.4. The molecule has 9 heteroatoms. The molecule has 0 bridgehead atoms. The largest absolute Gasteiger partial charge is 0.417 e. The number of hydrogen-bond acceptors (Lipinski definition) is 2. The maximum Gasteiger partial charge on any atom is 0.417 e. The number of alkyl halides is 3. The lowest BCUT2D eigenvalue weighted by atomic mass is 10.1. The molecule has 1 aliphatic heterocycles. The molecule has 0 unspecified atom stereocenters. The van der Waals surface area contributed by atoms with Crippen LogP contribution in [-0.2, 0) is 17.5 Å². The van der Waals surface area contributed by atoms with E-state index >= 15 is 0 Å². The number of carbonyl (C=O) groups is 2. The number of carbonyl (C=O) groups excluding carboxylic acids is 2. The molecule has 0 N–H and O–H groups in total. The molecule has 0 atom stereocenters. The summed E-state index contributed by atoms with van der Waals surface area (Å²) in [6.45, 7) is 0.996. The summed E-state index contributed by atoms with van der Waals surface area (Å²) in [5.74, 6) is -0.800. The van der Waals surface area contributed by atoms with Crippen LogP contribution in [0.3, 0.4) is 0 Å². The molecule has 1 saturated heterocycles. The Morgan fingerprint density at radius 1 is 0.935 bits per heavy atom. The summed E-state index contributed by atoms with van der Waals surface area (Å²) >= 11 is 6.05. The minimum absolute atomic E-state index is 0.120. The van der Waals surface area contributed by atoms with Gasteiger partial charge < -0.3 is 14.4 Å². The van der Waals surface area contributed by atoms with E-state index in [-0.39, 0.29) is 44.2 Å². The Kier molecular flexibility index (Phi) is 5.66. The highest BCUT2D eigenvalue weighted by Gasteiger charge is 2.36. The fraction of sp³-hybridized carbons (Fsp3) is 0.273. The molecule has 0 spiro atoms. The monoisotopic (exact) mass is 449 g/mol. The first kappa shape index (κ1) is 21.2. The van der Waals surface area contributed by atoms with E-state index in [1.165, 1.54) is 23.1 Å². The summed E-state index contributed by atoms with van der Waals surface area (Å²) in [5.41, 5.74) is -0.472. The van der Waals surface area contributed by atoms with E-state index in [4.69, 9.17) is 11.6 Å². The number of amides is 2. The Labute approximate surface area is 181 Å². The average Bonchev–Trinajstić information content (AvgIpc) is 3.14. The highest BCUT2D eigenvalue weighted by Crippen LogP contribution is 2.32. The van der Waals surface area contributed by atoms with Crippen LogP contribution in [0.5, 0.6) is 0 Å². The average molecular weight is 450 g/mol. The molecular weight excluding hydrogens is 431 g/mol. The third-order valence-electron chi connectivity index (χ3n) is 5.42. The number of hydrogen-bond donors (Lipinski definition) is 0. The van der Waals surface area contributed by atoms with Crippen LogP contribution in [0, 0.1) is 0 Å². The maximum absolute atomic E-state index is 13.2. The van der Waals surface area contributed by atoms with Crippen LogP contribution >= 0.6 is 11.6 Å². The van der Waals surface area contributed by atoms with Crippen molar-refractivity contribution in [1.29, 1.82) is 0 Å². The Balaban J connectivity index is 1.41. The second-order valence-corrected chi connectivity index (χ2v) is 7.80. The van der Waals surface area contributed by atoms with Gasteiger partial charge in [-0.1, -0.05) is 29.8 Å². The highest BCUT2D eigenvalue weighted by molar-refractivity contribution is 6.31. The number of piperazine rings is 1. The molecule has 31 heavy (non-hydrogen) atoms. The molecule has 2 heterocycles. The van der Waals surface area contributed by atoms with Crippen molar-refractivity contribution in [2.75, 3.05) is 26.2 Å². The van der Waals surface area contributed by atoms with Gasteiger partial charge in [-0.15, -0.1) is 0 Å². The molecule has 1 aromatic heterocycles. The first-order valence-electron chi connectivity index (χ1n) is 9.72. The van der Waals surface area contributed by atoms with E-state index < -0.39 is 17.6 Å². The highest BCUT2D eigenvalue weighted by atomic mass is 35.5. The first-order chi connectivity index (χ1) is 14.7. The fourth-order valence-corrected chi connectivity index (χ4v) is 3.95. The van der Waals surface area contributed by atoms with E-state index in [0.717, 1.165) is 17.0 Å². The SMILES string of the molecule is O=C(Cn1ccc2ccc(Cl)cc21)N1CCN(C(=O)c2ccccc2C(F)(F)F)CC1. The minimum Gasteiger partial charge on any atom is -0.338 e. The van der Waals surface area contributed by atoms with Crippen molar-refractivity contribution in [3.8, 4) is 0 Å². The van der Waals surface area contributed by atoms with Crippen LogP contribution in [0.1, 0.15) is 15.9 Å². The number of halogens is 4. The number of rotatable bonds is 3. The van der Waals surface area contributed by atoms with Gasteiger partial charge in [-0.25, -0.2) is 0 Å². The molecule has 1 fully saturated rings. The summed E-state index contributed by atoms with van der Waals surface area (Å²) in [6, 6.07) is 12.1. The summed E-state index contributed by atoms with van der Waals surface area (Å²) < 4.78 is 41.5. The van der Waals surface area contributed by atoms with Gasteiger partial charge in [-0.05, 0) is 35.7 Å². The molecule has 5 nitrogen and oxygen atoms in total. The molecule has 4 rings (SSSR count). The van der Waals surface area contributed by atoms with Crippen molar-refractivity contribution >= 4 is 34.3 Å². The second-order valence-electron chi connectivity index (χ2n) is 7.36. The van der Waals surface area contributed by atoms with Gasteiger partial charge in [-0.2, -0.15) is 13.2 Å². The van der Waals surface area contributed by atoms with E-state index in [1.807, 2.05) is 18.3 Å². The standard InChI is InChI=1S/C22H19ClF3N3O2/c23-16-6-5-15-7-8-29(19(15)13-16)14-20(30)27-9-11-28(12-10-27)21(31)17-3-1-2-4-18(17)22(24,25)26/h1-8,13H,9-12,14H2. The normalized spacial score (nSPS) is 14.8. The van der Waals surface area contributed by atoms with Crippen LogP contribution in [0.2, 0.25) is 5.02 Å². The molecule has 1 aliphatic rings. The molecule has 0 saturated carbocycles. The lowest BCUT2D eigenvalue weighted by molar-refractivity contribution is -0.138. The molecule has 3 aromatic rings. The van der Waals surface area contributed by atoms with Crippen molar-refractivity contribution in [2.45, 2.75) is 12.7 Å². The minimum atomic E-state index is -4.60. The van der Waals surface area contributed by atoms with Crippen molar-refractivity contribution in [1.82, 2.24) is 14.4 Å². The van der Waals surface area contributed by atoms with Gasteiger partial charge in [0.2, 0.25) is 5.91 Å². The van der Waals surface area contributed by atoms with Crippen molar-refractivity contribution in [2.24, 2.45) is 0 Å². The lowest BCUT2D eigenvalue weighted by Crippen LogP contribution is -2.51. The summed E-state index contributed by atoms with van der Waals surface area (Å²) in [7, 11) is 0. The topological polar surface area (TPSA) is 45.6 Å². The van der Waals surface area contributed by atoms with Gasteiger partial charge >= 0.3 is 6.18 Å². The van der Waals surface area contributed by atoms with Crippen molar-refractivity contribution in [3.05, 3.63) is 70.9 Å². The van der Waals surface area contributed by atoms with Crippen LogP contribution in [-0.4, -0.2) is 52.4 Å². The number of nitrogens with zero attached hydrogens (tertiary/aromatic N) is 3. The molecule has 162 valence electrons. The predicted octanol–water partition coefficient (Wildman–Crippen LogP) is 4.30. The van der Waals surface area contributed by atoms with Gasteiger partial charge in [0.1, 0.15) is 6.54 Å². The lowest BCUT2D eigenvalue weighted by Gasteiger charge is -2.35. The van der Waals surface area contributed by atoms with Gasteiger partial charge in [0.15, 0.2) is 0 Å². The van der Waals surface area contributed by atoms with Crippen LogP contribution in [0.25, 0.3) is 10.9 Å². The summed E-state index contributed by atoms with van der Waals surface area (Å²) in [5, 5.41) is 1.54. The number of aromatic nitrogens is 1. The van der Waals surface area contributed by atoms with Crippen LogP contribution < -0.4 is 0 Å². The third-order valence-corrected chi connectivity index (χ3v) is 5.66. The molecular formula is C22H19ClF3N3O2. The van der Waals surface area contributed by atoms with E-state index in [1.54, 1.807) is 21.6 Å². The van der Waals surface area contributed by atoms with E-state index in [2.05, 4.69) is 0 Å². The quantitative estimate of drug-likeness (QED) is 0.598. The van der Waals surface area contributed by atoms with Crippen molar-refractivity contribution < 1.29 is 22.8 Å². The molecule has 2 aromatic carbocycles. The van der Waals surface area contributed by atoms with Crippen molar-refractivity contribution in [3.63, 3.8) is 0 Å². The molecule has 2 amide bonds. The molecule has 0 radical (unpaired) electrons. The Bertz CT molecular complexity index is 1130. The van der Waals surface area contributed by atoms with E-state index in [0.29, 0.717) is 5.02 Å². The smallest absolute Gasteiger partial charge is 0.338 e. The summed E-state index contributed by atoms with van der Waals surface area (Å²) in [4.78, 5) is 28.4. The van der Waals surface area contributed by atoms with Crippen LogP contribution in [0.15, 0.2) is 54.7 Å². The van der Waals surface area contributed by atoms with Gasteiger partial charge in [0.05, 0.1) is 11.1 Å². The summed E-state index contributed by atoms with van der Waals surface area (Å²) in [6.07, 6.45) is -2.79. The number of benzene rings is 2. The number of fused-ring (bicyclic) bond motifs is 1. The predicted molar refractivity (Wildman–Crippen MR) is 111 cm³/mol.